The molecule has 5 atom stereocenters. The molecule has 0 aromatic heterocycles. The van der Waals surface area contributed by atoms with Crippen LogP contribution in [-0.4, -0.2) is 51.8 Å². The number of carbonyl (C=O) groups is 1. The first-order valence-corrected chi connectivity index (χ1v) is 10.5. The van der Waals surface area contributed by atoms with Crippen LogP contribution >= 0.6 is 0 Å². The summed E-state index contributed by atoms with van der Waals surface area (Å²) in [4.78, 5) is 12.3. The van der Waals surface area contributed by atoms with E-state index in [1.165, 1.54) is 0 Å². The van der Waals surface area contributed by atoms with E-state index in [4.69, 9.17) is 18.9 Å². The lowest BCUT2D eigenvalue weighted by atomic mass is 10.0. The summed E-state index contributed by atoms with van der Waals surface area (Å²) in [6.45, 7) is 0.0222. The number of urea groups is 1. The summed E-state index contributed by atoms with van der Waals surface area (Å²) in [6.07, 6.45) is -3.47. The Morgan fingerprint density at radius 2 is 1.81 bits per heavy atom. The van der Waals surface area contributed by atoms with Crippen molar-refractivity contribution in [2.75, 3.05) is 11.9 Å². The van der Waals surface area contributed by atoms with Crippen molar-refractivity contribution in [3.63, 3.8) is 0 Å². The van der Waals surface area contributed by atoms with Gasteiger partial charge >= 0.3 is 17.4 Å². The Labute approximate surface area is 181 Å². The lowest BCUT2D eigenvalue weighted by Crippen LogP contribution is -2.58. The van der Waals surface area contributed by atoms with E-state index < -0.39 is 41.9 Å². The molecule has 168 valence electrons. The van der Waals surface area contributed by atoms with E-state index >= 15 is 0 Å². The maximum Gasteiger partial charge on any atom is 0.333 e. The van der Waals surface area contributed by atoms with Gasteiger partial charge in [0.25, 0.3) is 0 Å². The second-order valence-corrected chi connectivity index (χ2v) is 7.56. The molecule has 2 aromatic rings. The number of aliphatic hydroxyl groups excluding tert-OH is 1. The van der Waals surface area contributed by atoms with Crippen LogP contribution in [0.4, 0.5) is 10.5 Å². The summed E-state index contributed by atoms with van der Waals surface area (Å²) in [6, 6.07) is 17.6. The van der Waals surface area contributed by atoms with Crippen molar-refractivity contribution in [1.82, 2.24) is 5.32 Å². The number of nitrogens with one attached hydrogen (secondary N) is 2. The molecule has 2 amide bonds. The van der Waals surface area contributed by atoms with Crippen LogP contribution in [0.1, 0.15) is 12.0 Å². The predicted octanol–water partition coefficient (Wildman–Crippen LogP) is 1.95. The van der Waals surface area contributed by atoms with Crippen LogP contribution in [-0.2, 0) is 36.0 Å². The first-order valence-electron chi connectivity index (χ1n) is 9.53. The molecule has 1 saturated heterocycles. The van der Waals surface area contributed by atoms with Gasteiger partial charge in [0, 0.05) is 12.1 Å². The second-order valence-electron chi connectivity index (χ2n) is 6.77. The van der Waals surface area contributed by atoms with Crippen molar-refractivity contribution in [3.05, 3.63) is 66.2 Å². The van der Waals surface area contributed by atoms with Crippen LogP contribution in [0.15, 0.2) is 60.7 Å². The first-order chi connectivity index (χ1) is 15.0. The molecule has 0 aliphatic carbocycles. The number of para-hydroxylation sites is 1. The third-order valence-electron chi connectivity index (χ3n) is 4.55. The van der Waals surface area contributed by atoms with Gasteiger partial charge in [-0.2, -0.15) is 4.21 Å². The number of anilines is 1. The van der Waals surface area contributed by atoms with E-state index in [-0.39, 0.29) is 19.6 Å². The molecule has 4 N–H and O–H groups in total. The molecule has 0 bridgehead atoms. The Balaban J connectivity index is 1.63. The minimum atomic E-state index is -2.36. The predicted molar refractivity (Wildman–Crippen MR) is 111 cm³/mol. The van der Waals surface area contributed by atoms with Crippen molar-refractivity contribution in [1.29, 1.82) is 0 Å². The number of carbonyl (C=O) groups excluding carboxylic acids is 1. The normalized spacial score (nSPS) is 24.3. The molecule has 0 radical (unpaired) electrons. The number of benzene rings is 2. The highest BCUT2D eigenvalue weighted by Gasteiger charge is 2.39. The van der Waals surface area contributed by atoms with Crippen molar-refractivity contribution in [3.8, 4) is 0 Å². The Kier molecular flexibility index (Phi) is 8.91. The monoisotopic (exact) mass is 452 g/mol. The fourth-order valence-corrected chi connectivity index (χ4v) is 3.38. The molecular formula is C20H24N2O8S. The molecule has 0 spiro atoms. The van der Waals surface area contributed by atoms with Crippen molar-refractivity contribution in [2.24, 2.45) is 0 Å². The Hall–Kier alpha value is -2.38. The minimum Gasteiger partial charge on any atom is -0.386 e. The average molecular weight is 452 g/mol. The van der Waals surface area contributed by atoms with Crippen LogP contribution < -0.4 is 10.6 Å². The van der Waals surface area contributed by atoms with Gasteiger partial charge in [-0.05, 0) is 17.7 Å². The Morgan fingerprint density at radius 3 is 2.48 bits per heavy atom. The molecule has 10 nitrogen and oxygen atoms in total. The summed E-state index contributed by atoms with van der Waals surface area (Å²) in [5, 5.41) is 24.3. The zero-order chi connectivity index (χ0) is 22.1. The highest BCUT2D eigenvalue weighted by Crippen LogP contribution is 2.24. The van der Waals surface area contributed by atoms with E-state index in [1.807, 2.05) is 36.4 Å². The summed E-state index contributed by atoms with van der Waals surface area (Å²) >= 11 is -2.36. The fraction of sp³-hybridized carbons (Fsp3) is 0.350. The van der Waals surface area contributed by atoms with Gasteiger partial charge in [0.1, 0.15) is 6.10 Å². The highest BCUT2D eigenvalue weighted by molar-refractivity contribution is 7.75. The molecular weight excluding hydrogens is 428 g/mol. The van der Waals surface area contributed by atoms with Gasteiger partial charge in [-0.25, -0.2) is 10.1 Å². The number of rotatable bonds is 9. The molecule has 3 rings (SSSR count). The molecule has 2 aromatic carbocycles. The smallest absolute Gasteiger partial charge is 0.333 e. The Bertz CT molecular complexity index is 842. The molecule has 1 aliphatic heterocycles. The number of aliphatic hydroxyl groups is 1. The fourth-order valence-electron chi connectivity index (χ4n) is 3.08. The lowest BCUT2D eigenvalue weighted by Gasteiger charge is -2.39. The van der Waals surface area contributed by atoms with Gasteiger partial charge in [0.05, 0.1) is 25.4 Å². The minimum absolute atomic E-state index is 0.203. The van der Waals surface area contributed by atoms with E-state index in [0.717, 1.165) is 5.56 Å². The number of hydrogen-bond acceptors (Lipinski definition) is 8. The second kappa shape index (κ2) is 11.9. The quantitative estimate of drug-likeness (QED) is 0.335. The molecule has 31 heavy (non-hydrogen) atoms. The number of ether oxygens (including phenoxy) is 2. The van der Waals surface area contributed by atoms with Crippen molar-refractivity contribution < 1.29 is 37.4 Å². The van der Waals surface area contributed by atoms with Crippen LogP contribution in [0.3, 0.4) is 0 Å². The summed E-state index contributed by atoms with van der Waals surface area (Å²) in [5.41, 5.74) is 1.48. The average Bonchev–Trinajstić information content (AvgIpc) is 2.79. The van der Waals surface area contributed by atoms with E-state index in [2.05, 4.69) is 15.0 Å². The molecule has 11 heteroatoms. The molecule has 1 heterocycles. The highest BCUT2D eigenvalue weighted by atomic mass is 32.2. The standard InChI is InChI=1S/C20H24N2O8S/c23-18-17(27-12-14-7-3-1-4-8-14)11-16(13-28-31(26)30-25)29-19(18)22-20(24)21-15-9-5-2-6-10-15/h1-10,16-19,23,25H,11-13H2,(H2,21,22,24). The SMILES string of the molecule is O=C(Nc1ccccc1)NC1OC(COS(=O)OO)CC(OCc2ccccc2)C1O. The van der Waals surface area contributed by atoms with E-state index in [1.54, 1.807) is 24.3 Å². The molecule has 5 unspecified atom stereocenters. The zero-order valence-electron chi connectivity index (χ0n) is 16.5. The summed E-state index contributed by atoms with van der Waals surface area (Å²) in [5.74, 6) is 0. The molecule has 0 saturated carbocycles. The van der Waals surface area contributed by atoms with Crippen LogP contribution in [0.5, 0.6) is 0 Å². The molecule has 1 fully saturated rings. The third-order valence-corrected chi connectivity index (χ3v) is 5.00. The van der Waals surface area contributed by atoms with Gasteiger partial charge in [0.15, 0.2) is 6.23 Å². The van der Waals surface area contributed by atoms with Crippen molar-refractivity contribution >= 4 is 23.1 Å². The van der Waals surface area contributed by atoms with Gasteiger partial charge in [0.2, 0.25) is 0 Å². The Morgan fingerprint density at radius 1 is 1.13 bits per heavy atom. The van der Waals surface area contributed by atoms with Gasteiger partial charge < -0.3 is 25.2 Å². The largest absolute Gasteiger partial charge is 0.386 e. The van der Waals surface area contributed by atoms with Crippen LogP contribution in [0.25, 0.3) is 0 Å². The van der Waals surface area contributed by atoms with E-state index in [0.29, 0.717) is 5.69 Å². The van der Waals surface area contributed by atoms with Crippen molar-refractivity contribution in [2.45, 2.75) is 37.6 Å². The zero-order valence-corrected chi connectivity index (χ0v) is 17.3. The number of amides is 2. The van der Waals surface area contributed by atoms with Gasteiger partial charge in [-0.3, -0.25) is 4.18 Å². The number of hydrogen-bond donors (Lipinski definition) is 4. The summed E-state index contributed by atoms with van der Waals surface area (Å²) < 4.78 is 31.1. The maximum atomic E-state index is 12.3. The maximum absolute atomic E-state index is 12.3. The topological polar surface area (TPSA) is 136 Å². The summed E-state index contributed by atoms with van der Waals surface area (Å²) in [7, 11) is 0. The van der Waals surface area contributed by atoms with Crippen LogP contribution in [0.2, 0.25) is 0 Å². The first kappa shape index (κ1) is 23.3. The van der Waals surface area contributed by atoms with Gasteiger partial charge in [-0.1, -0.05) is 48.5 Å². The van der Waals surface area contributed by atoms with E-state index in [9.17, 15) is 14.1 Å². The van der Waals surface area contributed by atoms with Crippen LogP contribution in [0, 0.1) is 0 Å². The molecule has 1 aliphatic rings. The van der Waals surface area contributed by atoms with Gasteiger partial charge in [-0.15, -0.1) is 4.33 Å². The third kappa shape index (κ3) is 7.36. The lowest BCUT2D eigenvalue weighted by molar-refractivity contribution is -0.198.